The van der Waals surface area contributed by atoms with Crippen molar-refractivity contribution in [2.75, 3.05) is 25.1 Å². The minimum Gasteiger partial charge on any atom is -0.496 e. The Bertz CT molecular complexity index is 915. The Hall–Kier alpha value is -2.37. The van der Waals surface area contributed by atoms with Gasteiger partial charge in [-0.05, 0) is 55.5 Å². The molecule has 33 heavy (non-hydrogen) atoms. The number of carbonyl (C=O) groups excluding carboxylic acids is 1. The fraction of sp³-hybridized carbons (Fsp3) is 0.536. The van der Waals surface area contributed by atoms with E-state index in [-0.39, 0.29) is 5.91 Å². The van der Waals surface area contributed by atoms with Gasteiger partial charge in [0.2, 0.25) is 5.91 Å². The van der Waals surface area contributed by atoms with Crippen LogP contribution in [0.4, 0.5) is 5.69 Å². The summed E-state index contributed by atoms with van der Waals surface area (Å²) >= 11 is 0. The lowest BCUT2D eigenvalue weighted by Gasteiger charge is -2.34. The number of methoxy groups -OCH3 is 1. The highest BCUT2D eigenvalue weighted by molar-refractivity contribution is 5.95. The second-order valence-electron chi connectivity index (χ2n) is 9.37. The first-order chi connectivity index (χ1) is 16.2. The zero-order chi connectivity index (χ0) is 23.0. The van der Waals surface area contributed by atoms with Crippen molar-refractivity contribution >= 4 is 11.6 Å². The van der Waals surface area contributed by atoms with E-state index >= 15 is 0 Å². The number of ether oxygens (including phenoxy) is 1. The minimum absolute atomic E-state index is 0.259. The molecular weight excluding hydrogens is 410 g/mol. The van der Waals surface area contributed by atoms with Crippen LogP contribution in [0.5, 0.6) is 5.75 Å². The van der Waals surface area contributed by atoms with Crippen LogP contribution in [0.3, 0.4) is 0 Å². The smallest absolute Gasteiger partial charge is 0.226 e. The number of nitrogens with zero attached hydrogens (tertiary/aromatic N) is 1. The van der Waals surface area contributed by atoms with Gasteiger partial charge in [0.05, 0.1) is 7.11 Å². The molecule has 2 N–H and O–H groups in total. The number of amides is 1. The Balaban J connectivity index is 1.46. The van der Waals surface area contributed by atoms with Gasteiger partial charge in [-0.2, -0.15) is 0 Å². The molecule has 0 spiro atoms. The molecule has 0 saturated carbocycles. The highest BCUT2D eigenvalue weighted by Crippen LogP contribution is 2.35. The summed E-state index contributed by atoms with van der Waals surface area (Å²) in [6.45, 7) is 4.76. The van der Waals surface area contributed by atoms with Crippen molar-refractivity contribution in [3.8, 4) is 5.75 Å². The van der Waals surface area contributed by atoms with Gasteiger partial charge in [0, 0.05) is 42.8 Å². The molecule has 2 atom stereocenters. The quantitative estimate of drug-likeness (QED) is 0.493. The lowest BCUT2D eigenvalue weighted by atomic mass is 9.92. The van der Waals surface area contributed by atoms with Crippen molar-refractivity contribution < 1.29 is 9.53 Å². The fourth-order valence-electron chi connectivity index (χ4n) is 5.24. The maximum atomic E-state index is 12.9. The summed E-state index contributed by atoms with van der Waals surface area (Å²) in [5.41, 5.74) is 4.75. The van der Waals surface area contributed by atoms with Gasteiger partial charge in [-0.3, -0.25) is 4.79 Å². The molecule has 2 aliphatic rings. The average Bonchev–Trinajstić information content (AvgIpc) is 3.28. The first kappa shape index (κ1) is 23.8. The van der Waals surface area contributed by atoms with Crippen molar-refractivity contribution in [3.05, 3.63) is 59.2 Å². The highest BCUT2D eigenvalue weighted by atomic mass is 16.5. The summed E-state index contributed by atoms with van der Waals surface area (Å²) < 4.78 is 5.75. The van der Waals surface area contributed by atoms with Crippen LogP contribution in [0.25, 0.3) is 0 Å². The van der Waals surface area contributed by atoms with Gasteiger partial charge in [-0.1, -0.05) is 56.5 Å². The molecule has 0 aliphatic carbocycles. The van der Waals surface area contributed by atoms with Gasteiger partial charge in [0.15, 0.2) is 0 Å². The molecule has 2 aromatic carbocycles. The third-order valence-corrected chi connectivity index (χ3v) is 7.09. The molecule has 1 amide bonds. The van der Waals surface area contributed by atoms with Crippen molar-refractivity contribution in [2.45, 2.75) is 76.9 Å². The van der Waals surface area contributed by atoms with Crippen LogP contribution in [0.15, 0.2) is 42.5 Å². The molecule has 178 valence electrons. The van der Waals surface area contributed by atoms with Crippen LogP contribution in [-0.2, 0) is 17.8 Å². The molecule has 5 nitrogen and oxygen atoms in total. The predicted molar refractivity (Wildman–Crippen MR) is 135 cm³/mol. The molecule has 2 heterocycles. The second kappa shape index (κ2) is 11.7. The zero-order valence-corrected chi connectivity index (χ0v) is 20.2. The number of nitrogens with one attached hydrogen (secondary N) is 2. The molecule has 2 aromatic rings. The maximum Gasteiger partial charge on any atom is 0.226 e. The third-order valence-electron chi connectivity index (χ3n) is 7.09. The van der Waals surface area contributed by atoms with Crippen molar-refractivity contribution in [3.63, 3.8) is 0 Å². The standard InChI is InChI=1S/C28H39N3O2/c1-3-4-5-9-14-27(32)31-17-15-22-19-26(33-2)23(18-25(22)31)20-30-24-13-10-16-29-28(24)21-11-7-6-8-12-21/h6-8,11-12,18-19,24,28-30H,3-5,9-10,13-17,20H2,1-2H3. The van der Waals surface area contributed by atoms with Gasteiger partial charge in [-0.25, -0.2) is 0 Å². The van der Waals surface area contributed by atoms with Gasteiger partial charge < -0.3 is 20.3 Å². The van der Waals surface area contributed by atoms with Crippen LogP contribution in [0.1, 0.15) is 74.6 Å². The van der Waals surface area contributed by atoms with Gasteiger partial charge >= 0.3 is 0 Å². The van der Waals surface area contributed by atoms with E-state index in [1.807, 2.05) is 4.90 Å². The SMILES string of the molecule is CCCCCCC(=O)N1CCc2cc(OC)c(CNC3CCCNC3c3ccccc3)cc21. The van der Waals surface area contributed by atoms with E-state index in [0.29, 0.717) is 18.5 Å². The Morgan fingerprint density at radius 2 is 2.03 bits per heavy atom. The number of piperidine rings is 1. The normalized spacial score (nSPS) is 20.0. The van der Waals surface area contributed by atoms with E-state index in [1.165, 1.54) is 30.4 Å². The number of fused-ring (bicyclic) bond motifs is 1. The summed E-state index contributed by atoms with van der Waals surface area (Å²) in [6, 6.07) is 15.7. The largest absolute Gasteiger partial charge is 0.496 e. The van der Waals surface area contributed by atoms with Gasteiger partial charge in [0.25, 0.3) is 0 Å². The minimum atomic E-state index is 0.259. The highest BCUT2D eigenvalue weighted by Gasteiger charge is 2.28. The molecule has 2 aliphatic heterocycles. The molecule has 0 bridgehead atoms. The third kappa shape index (κ3) is 5.77. The van der Waals surface area contributed by atoms with Crippen LogP contribution >= 0.6 is 0 Å². The predicted octanol–water partition coefficient (Wildman–Crippen LogP) is 5.14. The second-order valence-corrected chi connectivity index (χ2v) is 9.37. The van der Waals surface area contributed by atoms with Crippen LogP contribution in [-0.4, -0.2) is 32.1 Å². The first-order valence-electron chi connectivity index (χ1n) is 12.7. The lowest BCUT2D eigenvalue weighted by Crippen LogP contribution is -2.45. The number of anilines is 1. The maximum absolute atomic E-state index is 12.9. The summed E-state index contributed by atoms with van der Waals surface area (Å²) in [4.78, 5) is 14.9. The molecule has 5 heteroatoms. The van der Waals surface area contributed by atoms with Crippen molar-refractivity contribution in [2.24, 2.45) is 0 Å². The van der Waals surface area contributed by atoms with Gasteiger partial charge in [-0.15, -0.1) is 0 Å². The monoisotopic (exact) mass is 449 g/mol. The van der Waals surface area contributed by atoms with Gasteiger partial charge in [0.1, 0.15) is 5.75 Å². The molecule has 1 fully saturated rings. The van der Waals surface area contributed by atoms with Crippen LogP contribution in [0.2, 0.25) is 0 Å². The van der Waals surface area contributed by atoms with E-state index in [9.17, 15) is 4.79 Å². The number of rotatable bonds is 10. The number of benzene rings is 2. The number of hydrogen-bond acceptors (Lipinski definition) is 4. The molecular formula is C28H39N3O2. The molecule has 2 unspecified atom stereocenters. The topological polar surface area (TPSA) is 53.6 Å². The van der Waals surface area contributed by atoms with E-state index < -0.39 is 0 Å². The van der Waals surface area contributed by atoms with Crippen LogP contribution in [0, 0.1) is 0 Å². The molecule has 1 saturated heterocycles. The summed E-state index contributed by atoms with van der Waals surface area (Å²) in [5, 5.41) is 7.49. The lowest BCUT2D eigenvalue weighted by molar-refractivity contribution is -0.118. The van der Waals surface area contributed by atoms with Crippen molar-refractivity contribution in [1.82, 2.24) is 10.6 Å². The Morgan fingerprint density at radius 3 is 2.82 bits per heavy atom. The number of carbonyl (C=O) groups is 1. The van der Waals surface area contributed by atoms with Crippen LogP contribution < -0.4 is 20.3 Å². The number of unbranched alkanes of at least 4 members (excludes halogenated alkanes) is 3. The summed E-state index contributed by atoms with van der Waals surface area (Å²) in [5.74, 6) is 1.17. The Labute approximate surface area is 198 Å². The first-order valence-corrected chi connectivity index (χ1v) is 12.7. The Kier molecular flexibility index (Phi) is 8.40. The Morgan fingerprint density at radius 1 is 1.18 bits per heavy atom. The van der Waals surface area contributed by atoms with Crippen molar-refractivity contribution in [1.29, 1.82) is 0 Å². The summed E-state index contributed by atoms with van der Waals surface area (Å²) in [6.07, 6.45) is 8.38. The number of hydrogen-bond donors (Lipinski definition) is 2. The molecule has 0 aromatic heterocycles. The fourth-order valence-corrected chi connectivity index (χ4v) is 5.24. The molecule has 0 radical (unpaired) electrons. The summed E-state index contributed by atoms with van der Waals surface area (Å²) in [7, 11) is 1.74. The van der Waals surface area contributed by atoms with E-state index in [1.54, 1.807) is 7.11 Å². The van der Waals surface area contributed by atoms with E-state index in [0.717, 1.165) is 62.3 Å². The van der Waals surface area contributed by atoms with E-state index in [4.69, 9.17) is 4.74 Å². The zero-order valence-electron chi connectivity index (χ0n) is 20.2. The average molecular weight is 450 g/mol. The molecule has 4 rings (SSSR count). The van der Waals surface area contributed by atoms with E-state index in [2.05, 4.69) is 60.0 Å².